The number of ether oxygens (including phenoxy) is 2. The Labute approximate surface area is 188 Å². The number of benzene rings is 2. The summed E-state index contributed by atoms with van der Waals surface area (Å²) < 4.78 is 36.8. The van der Waals surface area contributed by atoms with Gasteiger partial charge in [0.05, 0.1) is 37.3 Å². The maximum atomic E-state index is 12.2. The van der Waals surface area contributed by atoms with Crippen molar-refractivity contribution in [3.05, 3.63) is 50.4 Å². The molecule has 0 aliphatic carbocycles. The van der Waals surface area contributed by atoms with Gasteiger partial charge in [0.25, 0.3) is 5.91 Å². The number of hydrogen-bond donors (Lipinski definition) is 2. The molecule has 2 N–H and O–H groups in total. The van der Waals surface area contributed by atoms with Crippen molar-refractivity contribution in [1.82, 2.24) is 4.72 Å². The standard InChI is InChI=1S/C17H16Cl4N2O5S/c1-27-5-4-22-29(25,26)10-2-3-16(14(21)6-10)28-9-17(24)23-15-8-12(19)11(18)7-13(15)20/h2-3,6-8,22H,4-5,9H2,1H3,(H,23,24). The number of carbonyl (C=O) groups excluding carboxylic acids is 1. The summed E-state index contributed by atoms with van der Waals surface area (Å²) in [5.74, 6) is -0.392. The zero-order chi connectivity index (χ0) is 21.6. The maximum Gasteiger partial charge on any atom is 0.262 e. The molecule has 0 unspecified atom stereocenters. The van der Waals surface area contributed by atoms with E-state index in [1.54, 1.807) is 0 Å². The SMILES string of the molecule is COCCNS(=O)(=O)c1ccc(OCC(=O)Nc2cc(Cl)c(Cl)cc2Cl)c(Cl)c1. The van der Waals surface area contributed by atoms with E-state index in [4.69, 9.17) is 55.9 Å². The van der Waals surface area contributed by atoms with Crippen LogP contribution in [-0.4, -0.2) is 41.2 Å². The average Bonchev–Trinajstić information content (AvgIpc) is 2.65. The average molecular weight is 502 g/mol. The molecule has 0 aliphatic heterocycles. The fraction of sp³-hybridized carbons (Fsp3) is 0.235. The van der Waals surface area contributed by atoms with Crippen molar-refractivity contribution in [3.63, 3.8) is 0 Å². The number of anilines is 1. The van der Waals surface area contributed by atoms with Gasteiger partial charge in [0.1, 0.15) is 5.75 Å². The number of halogens is 4. The molecule has 29 heavy (non-hydrogen) atoms. The molecule has 0 radical (unpaired) electrons. The summed E-state index contributed by atoms with van der Waals surface area (Å²) >= 11 is 23.8. The van der Waals surface area contributed by atoms with Crippen LogP contribution in [0.4, 0.5) is 5.69 Å². The molecule has 7 nitrogen and oxygen atoms in total. The molecule has 1 amide bonds. The lowest BCUT2D eigenvalue weighted by atomic mass is 10.3. The number of methoxy groups -OCH3 is 1. The van der Waals surface area contributed by atoms with E-state index in [2.05, 4.69) is 10.0 Å². The molecule has 12 heteroatoms. The summed E-state index contributed by atoms with van der Waals surface area (Å²) in [6, 6.07) is 6.70. The second-order valence-corrected chi connectivity index (χ2v) is 8.96. The van der Waals surface area contributed by atoms with E-state index in [0.717, 1.165) is 0 Å². The summed E-state index contributed by atoms with van der Waals surface area (Å²) in [6.07, 6.45) is 0. The second-order valence-electron chi connectivity index (χ2n) is 5.57. The van der Waals surface area contributed by atoms with Crippen molar-refractivity contribution in [3.8, 4) is 5.75 Å². The lowest BCUT2D eigenvalue weighted by molar-refractivity contribution is -0.118. The number of carbonyl (C=O) groups is 1. The van der Waals surface area contributed by atoms with Crippen LogP contribution in [0.3, 0.4) is 0 Å². The molecule has 2 aromatic carbocycles. The van der Waals surface area contributed by atoms with Crippen LogP contribution in [0.1, 0.15) is 0 Å². The molecular weight excluding hydrogens is 486 g/mol. The molecule has 0 bridgehead atoms. The minimum atomic E-state index is -3.74. The first-order valence-corrected chi connectivity index (χ1v) is 11.0. The first kappa shape index (κ1) is 24.0. The van der Waals surface area contributed by atoms with E-state index >= 15 is 0 Å². The minimum Gasteiger partial charge on any atom is -0.482 e. The predicted molar refractivity (Wildman–Crippen MR) is 114 cm³/mol. The highest BCUT2D eigenvalue weighted by atomic mass is 35.5. The van der Waals surface area contributed by atoms with Gasteiger partial charge in [-0.05, 0) is 30.3 Å². The third-order valence-corrected chi connectivity index (χ3v) is 6.24. The van der Waals surface area contributed by atoms with Gasteiger partial charge in [-0.3, -0.25) is 4.79 Å². The van der Waals surface area contributed by atoms with Crippen LogP contribution in [0.5, 0.6) is 5.75 Å². The smallest absolute Gasteiger partial charge is 0.262 e. The van der Waals surface area contributed by atoms with Crippen molar-refractivity contribution < 1.29 is 22.7 Å². The third-order valence-electron chi connectivity index (χ3n) is 3.45. The fourth-order valence-corrected chi connectivity index (χ4v) is 4.01. The highest BCUT2D eigenvalue weighted by Gasteiger charge is 2.16. The summed E-state index contributed by atoms with van der Waals surface area (Å²) in [6.45, 7) is -0.0489. The summed E-state index contributed by atoms with van der Waals surface area (Å²) in [5.41, 5.74) is 0.268. The largest absolute Gasteiger partial charge is 0.482 e. The molecule has 0 saturated heterocycles. The van der Waals surface area contributed by atoms with Gasteiger partial charge in [-0.25, -0.2) is 13.1 Å². The normalized spacial score (nSPS) is 11.3. The van der Waals surface area contributed by atoms with Gasteiger partial charge in [0, 0.05) is 13.7 Å². The molecule has 0 aliphatic rings. The van der Waals surface area contributed by atoms with E-state index in [0.29, 0.717) is 0 Å². The molecule has 0 saturated carbocycles. The Balaban J connectivity index is 2.00. The van der Waals surface area contributed by atoms with E-state index in [9.17, 15) is 13.2 Å². The van der Waals surface area contributed by atoms with Crippen LogP contribution >= 0.6 is 46.4 Å². The third kappa shape index (κ3) is 6.89. The number of nitrogens with one attached hydrogen (secondary N) is 2. The van der Waals surface area contributed by atoms with Crippen molar-refractivity contribution in [2.45, 2.75) is 4.90 Å². The Morgan fingerprint density at radius 2 is 1.69 bits per heavy atom. The molecule has 0 aromatic heterocycles. The van der Waals surface area contributed by atoms with E-state index < -0.39 is 22.5 Å². The fourth-order valence-electron chi connectivity index (χ4n) is 2.08. The Hall–Kier alpha value is -1.26. The van der Waals surface area contributed by atoms with Crippen molar-refractivity contribution in [1.29, 1.82) is 0 Å². The van der Waals surface area contributed by atoms with Gasteiger partial charge in [0.2, 0.25) is 10.0 Å². The van der Waals surface area contributed by atoms with Crippen LogP contribution in [0.25, 0.3) is 0 Å². The quantitative estimate of drug-likeness (QED) is 0.396. The van der Waals surface area contributed by atoms with Crippen LogP contribution in [0.15, 0.2) is 35.2 Å². The van der Waals surface area contributed by atoms with E-state index in [-0.39, 0.29) is 49.6 Å². The van der Waals surface area contributed by atoms with Gasteiger partial charge in [-0.15, -0.1) is 0 Å². The molecule has 0 fully saturated rings. The highest BCUT2D eigenvalue weighted by Crippen LogP contribution is 2.32. The van der Waals surface area contributed by atoms with Gasteiger partial charge in [-0.2, -0.15) is 0 Å². The molecule has 0 atom stereocenters. The van der Waals surface area contributed by atoms with Gasteiger partial charge in [0.15, 0.2) is 6.61 Å². The monoisotopic (exact) mass is 500 g/mol. The van der Waals surface area contributed by atoms with Crippen molar-refractivity contribution in [2.75, 3.05) is 32.2 Å². The highest BCUT2D eigenvalue weighted by molar-refractivity contribution is 7.89. The molecule has 2 rings (SSSR count). The summed E-state index contributed by atoms with van der Waals surface area (Å²) in [5, 5.41) is 3.25. The van der Waals surface area contributed by atoms with E-state index in [1.165, 1.54) is 37.4 Å². The van der Waals surface area contributed by atoms with Gasteiger partial charge >= 0.3 is 0 Å². The lowest BCUT2D eigenvalue weighted by Crippen LogP contribution is -2.27. The van der Waals surface area contributed by atoms with Gasteiger partial charge in [-0.1, -0.05) is 46.4 Å². The Morgan fingerprint density at radius 1 is 1.00 bits per heavy atom. The predicted octanol–water partition coefficient (Wildman–Crippen LogP) is 4.24. The van der Waals surface area contributed by atoms with Crippen LogP contribution in [0.2, 0.25) is 20.1 Å². The lowest BCUT2D eigenvalue weighted by Gasteiger charge is -2.12. The van der Waals surface area contributed by atoms with Crippen molar-refractivity contribution in [2.24, 2.45) is 0 Å². The topological polar surface area (TPSA) is 93.7 Å². The Morgan fingerprint density at radius 3 is 2.34 bits per heavy atom. The zero-order valence-corrected chi connectivity index (χ0v) is 18.8. The Kier molecular flexibility index (Phi) is 8.84. The zero-order valence-electron chi connectivity index (χ0n) is 15.0. The number of rotatable bonds is 9. The first-order valence-electron chi connectivity index (χ1n) is 7.99. The first-order chi connectivity index (χ1) is 13.6. The second kappa shape index (κ2) is 10.7. The number of amides is 1. The molecular formula is C17H16Cl4N2O5S. The molecule has 158 valence electrons. The Bertz CT molecular complexity index is 1000. The maximum absolute atomic E-state index is 12.2. The summed E-state index contributed by atoms with van der Waals surface area (Å²) in [4.78, 5) is 12.0. The van der Waals surface area contributed by atoms with Crippen LogP contribution < -0.4 is 14.8 Å². The number of sulfonamides is 1. The number of hydrogen-bond acceptors (Lipinski definition) is 5. The summed E-state index contributed by atoms with van der Waals surface area (Å²) in [7, 11) is -2.28. The van der Waals surface area contributed by atoms with Crippen LogP contribution in [0, 0.1) is 0 Å². The van der Waals surface area contributed by atoms with Crippen molar-refractivity contribution >= 4 is 68.0 Å². The molecule has 0 spiro atoms. The molecule has 0 heterocycles. The molecule has 2 aromatic rings. The van der Waals surface area contributed by atoms with Gasteiger partial charge < -0.3 is 14.8 Å². The van der Waals surface area contributed by atoms with E-state index in [1.807, 2.05) is 0 Å². The minimum absolute atomic E-state index is 0.0278. The van der Waals surface area contributed by atoms with Crippen LogP contribution in [-0.2, 0) is 19.6 Å².